The fraction of sp³-hybridized carbons (Fsp3) is 0.786. The normalized spacial score (nSPS) is 43.1. The predicted molar refractivity (Wildman–Crippen MR) is 127 cm³/mol. The molecule has 7 heteroatoms. The Bertz CT molecular complexity index is 846. The summed E-state index contributed by atoms with van der Waals surface area (Å²) in [6, 6.07) is 8.57. The molecule has 0 N–H and O–H groups in total. The molecular weight excluding hydrogens is 446 g/mol. The third-order valence-electron chi connectivity index (χ3n) is 9.72. The van der Waals surface area contributed by atoms with Crippen LogP contribution in [0.2, 0.25) is 0 Å². The molecular formula is C28H39NO6. The lowest BCUT2D eigenvalue weighted by atomic mass is 9.53. The van der Waals surface area contributed by atoms with Gasteiger partial charge in [0.25, 0.3) is 0 Å². The number of hydrogen-bond donors (Lipinski definition) is 0. The van der Waals surface area contributed by atoms with E-state index in [4.69, 9.17) is 29.0 Å². The van der Waals surface area contributed by atoms with Crippen molar-refractivity contribution in [3.63, 3.8) is 0 Å². The Morgan fingerprint density at radius 2 is 1.54 bits per heavy atom. The molecule has 5 aliphatic carbocycles. The van der Waals surface area contributed by atoms with Gasteiger partial charge < -0.3 is 9.47 Å². The van der Waals surface area contributed by atoms with Gasteiger partial charge in [0.2, 0.25) is 11.6 Å². The maximum Gasteiger partial charge on any atom is 0.239 e. The van der Waals surface area contributed by atoms with Crippen LogP contribution >= 0.6 is 0 Å². The maximum atomic E-state index is 6.25. The smallest absolute Gasteiger partial charge is 0.239 e. The highest BCUT2D eigenvalue weighted by Gasteiger charge is 2.64. The standard InChI is InChI=1S/C28H39NO6/c1-2-23(22-3-5-26(6-4-22)31-13-10-29-8-11-30-12-9-29)19-27(7-1)32-34-28(35-33-27)24-15-20-14-21(17-24)18-25(28)16-20/h3-6,20-21,23-25H,1-2,7-19H2/t20?,21?,23-,24?,25?,27?,28?/m1/s1. The van der Waals surface area contributed by atoms with Crippen molar-refractivity contribution in [2.24, 2.45) is 23.7 Å². The van der Waals surface area contributed by atoms with Crippen molar-refractivity contribution < 1.29 is 29.0 Å². The number of hydrogen-bond acceptors (Lipinski definition) is 7. The SMILES string of the molecule is c1cc([C@@H]2CCCC3(C2)OOC2(OO3)C3CC4CC(C3)CC2C4)ccc1OCCN1CCOCC1. The van der Waals surface area contributed by atoms with E-state index in [9.17, 15) is 0 Å². The van der Waals surface area contributed by atoms with Crippen LogP contribution in [0.1, 0.15) is 69.3 Å². The van der Waals surface area contributed by atoms with Gasteiger partial charge in [-0.1, -0.05) is 12.1 Å². The number of nitrogens with zero attached hydrogens (tertiary/aromatic N) is 1. The molecule has 2 spiro atoms. The zero-order valence-electron chi connectivity index (χ0n) is 20.7. The minimum atomic E-state index is -0.795. The molecule has 4 bridgehead atoms. The van der Waals surface area contributed by atoms with E-state index in [1.54, 1.807) is 0 Å². The molecule has 7 aliphatic rings. The van der Waals surface area contributed by atoms with Crippen molar-refractivity contribution in [3.8, 4) is 5.75 Å². The number of rotatable bonds is 5. The van der Waals surface area contributed by atoms with E-state index in [0.29, 0.717) is 24.4 Å². The van der Waals surface area contributed by atoms with E-state index >= 15 is 0 Å². The zero-order valence-corrected chi connectivity index (χ0v) is 20.7. The van der Waals surface area contributed by atoms with Crippen LogP contribution in [-0.4, -0.2) is 55.9 Å². The summed E-state index contributed by atoms with van der Waals surface area (Å²) in [5, 5.41) is 0. The van der Waals surface area contributed by atoms with Gasteiger partial charge in [0, 0.05) is 44.3 Å². The summed E-state index contributed by atoms with van der Waals surface area (Å²) >= 11 is 0. The number of morpholine rings is 1. The highest BCUT2D eigenvalue weighted by Crippen LogP contribution is 2.62. The third kappa shape index (κ3) is 4.32. The zero-order chi connectivity index (χ0) is 23.3. The second-order valence-electron chi connectivity index (χ2n) is 11.9. The van der Waals surface area contributed by atoms with Crippen molar-refractivity contribution in [1.82, 2.24) is 4.90 Å². The molecule has 7 nitrogen and oxygen atoms in total. The lowest BCUT2D eigenvalue weighted by Gasteiger charge is -2.60. The maximum absolute atomic E-state index is 6.25. The molecule has 0 aromatic heterocycles. The largest absolute Gasteiger partial charge is 0.492 e. The van der Waals surface area contributed by atoms with E-state index in [-0.39, 0.29) is 0 Å². The predicted octanol–water partition coefficient (Wildman–Crippen LogP) is 4.81. The first-order chi connectivity index (χ1) is 17.2. The summed E-state index contributed by atoms with van der Waals surface area (Å²) in [5.41, 5.74) is 1.30. The molecule has 2 heterocycles. The van der Waals surface area contributed by atoms with Gasteiger partial charge in [0.1, 0.15) is 12.4 Å². The van der Waals surface area contributed by atoms with Crippen LogP contribution in [0.4, 0.5) is 0 Å². The van der Waals surface area contributed by atoms with Crippen LogP contribution in [0.25, 0.3) is 0 Å². The third-order valence-corrected chi connectivity index (χ3v) is 9.72. The van der Waals surface area contributed by atoms with Crippen LogP contribution in [-0.2, 0) is 24.3 Å². The van der Waals surface area contributed by atoms with Crippen LogP contribution in [0.3, 0.4) is 0 Å². The number of benzene rings is 1. The van der Waals surface area contributed by atoms with E-state index in [1.165, 1.54) is 37.7 Å². The lowest BCUT2D eigenvalue weighted by molar-refractivity contribution is -0.680. The van der Waals surface area contributed by atoms with Crippen molar-refractivity contribution in [2.75, 3.05) is 39.5 Å². The molecule has 0 unspecified atom stereocenters. The monoisotopic (exact) mass is 485 g/mol. The van der Waals surface area contributed by atoms with Crippen molar-refractivity contribution >= 4 is 0 Å². The fourth-order valence-corrected chi connectivity index (χ4v) is 8.01. The molecule has 5 saturated carbocycles. The molecule has 1 atom stereocenters. The lowest BCUT2D eigenvalue weighted by Crippen LogP contribution is -2.64. The van der Waals surface area contributed by atoms with E-state index < -0.39 is 11.6 Å². The molecule has 1 aromatic carbocycles. The van der Waals surface area contributed by atoms with Crippen LogP contribution in [0.15, 0.2) is 24.3 Å². The Balaban J connectivity index is 0.950. The first kappa shape index (κ1) is 22.9. The molecule has 0 amide bonds. The minimum absolute atomic E-state index is 0.353. The Morgan fingerprint density at radius 3 is 2.23 bits per heavy atom. The minimum Gasteiger partial charge on any atom is -0.492 e. The van der Waals surface area contributed by atoms with E-state index in [0.717, 1.165) is 76.1 Å². The van der Waals surface area contributed by atoms with Gasteiger partial charge in [-0.15, -0.1) is 0 Å². The van der Waals surface area contributed by atoms with Gasteiger partial charge in [-0.25, -0.2) is 0 Å². The summed E-state index contributed by atoms with van der Waals surface area (Å²) < 4.78 is 11.4. The molecule has 192 valence electrons. The van der Waals surface area contributed by atoms with Crippen LogP contribution < -0.4 is 4.74 Å². The average Bonchev–Trinajstić information content (AvgIpc) is 2.89. The van der Waals surface area contributed by atoms with Crippen LogP contribution in [0, 0.1) is 23.7 Å². The molecule has 35 heavy (non-hydrogen) atoms. The Kier molecular flexibility index (Phi) is 6.07. The summed E-state index contributed by atoms with van der Waals surface area (Å²) in [6.07, 6.45) is 9.86. The van der Waals surface area contributed by atoms with Gasteiger partial charge >= 0.3 is 0 Å². The Hall–Kier alpha value is -1.22. The molecule has 7 fully saturated rings. The quantitative estimate of drug-likeness (QED) is 0.555. The first-order valence-electron chi connectivity index (χ1n) is 14.0. The van der Waals surface area contributed by atoms with Gasteiger partial charge in [-0.3, -0.25) is 4.90 Å². The first-order valence-corrected chi connectivity index (χ1v) is 14.0. The van der Waals surface area contributed by atoms with Crippen molar-refractivity contribution in [3.05, 3.63) is 29.8 Å². The van der Waals surface area contributed by atoms with Crippen molar-refractivity contribution in [1.29, 1.82) is 0 Å². The molecule has 2 aliphatic heterocycles. The molecule has 2 saturated heterocycles. The van der Waals surface area contributed by atoms with Crippen molar-refractivity contribution in [2.45, 2.75) is 75.3 Å². The van der Waals surface area contributed by atoms with Gasteiger partial charge in [-0.2, -0.15) is 19.6 Å². The fourth-order valence-electron chi connectivity index (χ4n) is 8.01. The van der Waals surface area contributed by atoms with Gasteiger partial charge in [0.15, 0.2) is 0 Å². The Labute approximate surface area is 208 Å². The second-order valence-corrected chi connectivity index (χ2v) is 11.9. The molecule has 8 rings (SSSR count). The second kappa shape index (κ2) is 9.26. The molecule has 1 aromatic rings. The molecule has 0 radical (unpaired) electrons. The van der Waals surface area contributed by atoms with Gasteiger partial charge in [-0.05, 0) is 80.4 Å². The summed E-state index contributed by atoms with van der Waals surface area (Å²) in [5.74, 6) is 2.31. The number of ether oxygens (including phenoxy) is 2. The topological polar surface area (TPSA) is 58.6 Å². The summed E-state index contributed by atoms with van der Waals surface area (Å²) in [4.78, 5) is 27.3. The summed E-state index contributed by atoms with van der Waals surface area (Å²) in [6.45, 7) is 5.27. The average molecular weight is 486 g/mol. The van der Waals surface area contributed by atoms with E-state index in [2.05, 4.69) is 29.2 Å². The highest BCUT2D eigenvalue weighted by atomic mass is 17.4. The van der Waals surface area contributed by atoms with Crippen LogP contribution in [0.5, 0.6) is 5.75 Å². The summed E-state index contributed by atoms with van der Waals surface area (Å²) in [7, 11) is 0. The van der Waals surface area contributed by atoms with Gasteiger partial charge in [0.05, 0.1) is 13.2 Å². The Morgan fingerprint density at radius 1 is 0.857 bits per heavy atom. The van der Waals surface area contributed by atoms with E-state index in [1.807, 2.05) is 0 Å². The highest BCUT2D eigenvalue weighted by molar-refractivity contribution is 5.30.